The molecule has 0 bridgehead atoms. The predicted octanol–water partition coefficient (Wildman–Crippen LogP) is 1.94. The molecule has 0 aliphatic carbocycles. The molecule has 0 amide bonds. The van der Waals surface area contributed by atoms with Crippen LogP contribution in [0.3, 0.4) is 0 Å². The van der Waals surface area contributed by atoms with E-state index in [9.17, 15) is 4.79 Å². The van der Waals surface area contributed by atoms with Gasteiger partial charge in [0, 0.05) is 30.5 Å². The van der Waals surface area contributed by atoms with Gasteiger partial charge in [0.15, 0.2) is 5.78 Å². The topological polar surface area (TPSA) is 82.0 Å². The fourth-order valence-electron chi connectivity index (χ4n) is 1.77. The van der Waals surface area contributed by atoms with Crippen LogP contribution in [0.1, 0.15) is 28.4 Å². The van der Waals surface area contributed by atoms with E-state index in [4.69, 9.17) is 11.5 Å². The molecule has 4 heteroatoms. The largest absolute Gasteiger partial charge is 0.398 e. The molecule has 0 saturated carbocycles. The number of hydrogen-bond acceptors (Lipinski definition) is 4. The van der Waals surface area contributed by atoms with Crippen molar-refractivity contribution in [1.82, 2.24) is 4.98 Å². The minimum atomic E-state index is -0.321. The molecule has 0 fully saturated rings. The van der Waals surface area contributed by atoms with Crippen LogP contribution < -0.4 is 11.5 Å². The van der Waals surface area contributed by atoms with E-state index in [0.717, 1.165) is 5.56 Å². The Morgan fingerprint density at radius 1 is 1.22 bits per heavy atom. The Balaban J connectivity index is 2.11. The SMILES string of the molecule is Nc1ccncc1C(=O)CC(N)c1ccccc1. The van der Waals surface area contributed by atoms with Gasteiger partial charge in [0.25, 0.3) is 0 Å². The maximum absolute atomic E-state index is 12.0. The zero-order valence-electron chi connectivity index (χ0n) is 9.91. The van der Waals surface area contributed by atoms with E-state index in [1.807, 2.05) is 30.3 Å². The lowest BCUT2D eigenvalue weighted by atomic mass is 9.99. The average molecular weight is 241 g/mol. The second kappa shape index (κ2) is 5.42. The third-order valence-corrected chi connectivity index (χ3v) is 2.79. The van der Waals surface area contributed by atoms with Gasteiger partial charge in [0.05, 0.1) is 5.56 Å². The van der Waals surface area contributed by atoms with Gasteiger partial charge in [-0.15, -0.1) is 0 Å². The maximum atomic E-state index is 12.0. The molecule has 4 nitrogen and oxygen atoms in total. The van der Waals surface area contributed by atoms with Crippen molar-refractivity contribution < 1.29 is 4.79 Å². The van der Waals surface area contributed by atoms with E-state index in [0.29, 0.717) is 11.3 Å². The highest BCUT2D eigenvalue weighted by Gasteiger charge is 2.15. The summed E-state index contributed by atoms with van der Waals surface area (Å²) >= 11 is 0. The number of nitrogens with zero attached hydrogens (tertiary/aromatic N) is 1. The number of hydrogen-bond donors (Lipinski definition) is 2. The molecule has 0 aliphatic rings. The number of ketones is 1. The van der Waals surface area contributed by atoms with Gasteiger partial charge in [-0.3, -0.25) is 9.78 Å². The quantitative estimate of drug-likeness (QED) is 0.801. The van der Waals surface area contributed by atoms with Crippen molar-refractivity contribution in [2.75, 3.05) is 5.73 Å². The van der Waals surface area contributed by atoms with Crippen molar-refractivity contribution in [2.24, 2.45) is 5.73 Å². The molecule has 2 aromatic rings. The van der Waals surface area contributed by atoms with Crippen LogP contribution >= 0.6 is 0 Å². The molecule has 0 spiro atoms. The van der Waals surface area contributed by atoms with Crippen LogP contribution in [0.2, 0.25) is 0 Å². The minimum Gasteiger partial charge on any atom is -0.398 e. The van der Waals surface area contributed by atoms with Gasteiger partial charge in [0.1, 0.15) is 0 Å². The zero-order chi connectivity index (χ0) is 13.0. The molecule has 1 unspecified atom stereocenters. The van der Waals surface area contributed by atoms with Gasteiger partial charge in [-0.25, -0.2) is 0 Å². The molecule has 0 saturated heterocycles. The molecule has 0 aliphatic heterocycles. The number of carbonyl (C=O) groups is 1. The number of carbonyl (C=O) groups excluding carboxylic acids is 1. The highest BCUT2D eigenvalue weighted by atomic mass is 16.1. The molecular weight excluding hydrogens is 226 g/mol. The summed E-state index contributed by atoms with van der Waals surface area (Å²) in [6, 6.07) is 10.8. The van der Waals surface area contributed by atoms with Gasteiger partial charge in [0.2, 0.25) is 0 Å². The number of pyridine rings is 1. The maximum Gasteiger partial charge on any atom is 0.168 e. The molecule has 1 aromatic carbocycles. The lowest BCUT2D eigenvalue weighted by Gasteiger charge is -2.11. The van der Waals surface area contributed by atoms with E-state index >= 15 is 0 Å². The predicted molar refractivity (Wildman–Crippen MR) is 71.0 cm³/mol. The Bertz CT molecular complexity index is 540. The Morgan fingerprint density at radius 2 is 1.94 bits per heavy atom. The molecule has 2 rings (SSSR count). The fourth-order valence-corrected chi connectivity index (χ4v) is 1.77. The minimum absolute atomic E-state index is 0.0862. The van der Waals surface area contributed by atoms with E-state index in [2.05, 4.69) is 4.98 Å². The molecule has 92 valence electrons. The van der Waals surface area contributed by atoms with E-state index < -0.39 is 0 Å². The smallest absolute Gasteiger partial charge is 0.168 e. The van der Waals surface area contributed by atoms with Crippen LogP contribution in [-0.4, -0.2) is 10.8 Å². The summed E-state index contributed by atoms with van der Waals surface area (Å²) in [5.41, 5.74) is 13.5. The lowest BCUT2D eigenvalue weighted by Crippen LogP contribution is -2.16. The van der Waals surface area contributed by atoms with Crippen molar-refractivity contribution in [3.63, 3.8) is 0 Å². The number of nitrogens with two attached hydrogens (primary N) is 2. The summed E-state index contributed by atoms with van der Waals surface area (Å²) < 4.78 is 0. The molecule has 4 N–H and O–H groups in total. The van der Waals surface area contributed by atoms with Gasteiger partial charge < -0.3 is 11.5 Å². The fraction of sp³-hybridized carbons (Fsp3) is 0.143. The number of anilines is 1. The molecular formula is C14H15N3O. The van der Waals surface area contributed by atoms with Crippen LogP contribution in [0.4, 0.5) is 5.69 Å². The highest BCUT2D eigenvalue weighted by molar-refractivity contribution is 6.00. The van der Waals surface area contributed by atoms with Gasteiger partial charge >= 0.3 is 0 Å². The van der Waals surface area contributed by atoms with Crippen molar-refractivity contribution in [3.8, 4) is 0 Å². The number of rotatable bonds is 4. The highest BCUT2D eigenvalue weighted by Crippen LogP contribution is 2.18. The first-order chi connectivity index (χ1) is 8.68. The summed E-state index contributed by atoms with van der Waals surface area (Å²) in [5, 5.41) is 0. The van der Waals surface area contributed by atoms with E-state index in [1.165, 1.54) is 6.20 Å². The summed E-state index contributed by atoms with van der Waals surface area (Å²) in [5.74, 6) is -0.0862. The average Bonchev–Trinajstić information content (AvgIpc) is 2.40. The first-order valence-corrected chi connectivity index (χ1v) is 5.71. The van der Waals surface area contributed by atoms with Crippen LogP contribution in [-0.2, 0) is 0 Å². The molecule has 1 aromatic heterocycles. The van der Waals surface area contributed by atoms with Crippen LogP contribution in [0.5, 0.6) is 0 Å². The Hall–Kier alpha value is -2.20. The monoisotopic (exact) mass is 241 g/mol. The van der Waals surface area contributed by atoms with Crippen LogP contribution in [0, 0.1) is 0 Å². The van der Waals surface area contributed by atoms with Gasteiger partial charge in [-0.1, -0.05) is 30.3 Å². The van der Waals surface area contributed by atoms with Gasteiger partial charge in [-0.2, -0.15) is 0 Å². The second-order valence-corrected chi connectivity index (χ2v) is 4.11. The standard InChI is InChI=1S/C14H15N3O/c15-12-6-7-17-9-11(12)14(18)8-13(16)10-4-2-1-3-5-10/h1-7,9,13H,8,16H2,(H2,15,17). The van der Waals surface area contributed by atoms with Crippen molar-refractivity contribution in [2.45, 2.75) is 12.5 Å². The van der Waals surface area contributed by atoms with Crippen molar-refractivity contribution >= 4 is 11.5 Å². The summed E-state index contributed by atoms with van der Waals surface area (Å²) in [6.07, 6.45) is 3.26. The third-order valence-electron chi connectivity index (χ3n) is 2.79. The Kier molecular flexibility index (Phi) is 3.69. The second-order valence-electron chi connectivity index (χ2n) is 4.11. The molecule has 1 atom stereocenters. The molecule has 1 heterocycles. The lowest BCUT2D eigenvalue weighted by molar-refractivity contribution is 0.0975. The Labute approximate surface area is 106 Å². The third kappa shape index (κ3) is 2.73. The number of aromatic nitrogens is 1. The van der Waals surface area contributed by atoms with Crippen molar-refractivity contribution in [1.29, 1.82) is 0 Å². The Morgan fingerprint density at radius 3 is 2.61 bits per heavy atom. The first-order valence-electron chi connectivity index (χ1n) is 5.71. The number of nitrogen functional groups attached to an aromatic ring is 1. The summed E-state index contributed by atoms with van der Waals surface area (Å²) in [7, 11) is 0. The van der Waals surface area contributed by atoms with Crippen molar-refractivity contribution in [3.05, 3.63) is 59.9 Å². The van der Waals surface area contributed by atoms with E-state index in [-0.39, 0.29) is 18.2 Å². The normalized spacial score (nSPS) is 12.1. The molecule has 0 radical (unpaired) electrons. The number of Topliss-reactive ketones (excluding diaryl/α,β-unsaturated/α-hetero) is 1. The van der Waals surface area contributed by atoms with Gasteiger partial charge in [-0.05, 0) is 11.6 Å². The van der Waals surface area contributed by atoms with Crippen LogP contribution in [0.25, 0.3) is 0 Å². The summed E-state index contributed by atoms with van der Waals surface area (Å²) in [6.45, 7) is 0. The molecule has 18 heavy (non-hydrogen) atoms. The first kappa shape index (κ1) is 12.3. The zero-order valence-corrected chi connectivity index (χ0v) is 9.91. The van der Waals surface area contributed by atoms with E-state index in [1.54, 1.807) is 12.3 Å². The number of benzene rings is 1. The summed E-state index contributed by atoms with van der Waals surface area (Å²) in [4.78, 5) is 16.0. The van der Waals surface area contributed by atoms with Crippen LogP contribution in [0.15, 0.2) is 48.8 Å².